The van der Waals surface area contributed by atoms with Crippen molar-refractivity contribution in [2.45, 2.75) is 26.3 Å². The predicted octanol–water partition coefficient (Wildman–Crippen LogP) is 1.97. The number of halogens is 1. The van der Waals surface area contributed by atoms with Crippen molar-refractivity contribution in [3.8, 4) is 0 Å². The van der Waals surface area contributed by atoms with E-state index in [0.717, 1.165) is 31.9 Å². The number of likely N-dealkylation sites (N-methyl/N-ethyl adjacent to an activating group) is 1. The van der Waals surface area contributed by atoms with Crippen LogP contribution < -0.4 is 9.62 Å². The van der Waals surface area contributed by atoms with Gasteiger partial charge >= 0.3 is 0 Å². The maximum absolute atomic E-state index is 13.7. The maximum atomic E-state index is 13.7. The zero-order valence-corrected chi connectivity index (χ0v) is 14.9. The highest BCUT2D eigenvalue weighted by atomic mass is 32.2. The van der Waals surface area contributed by atoms with Crippen LogP contribution in [-0.4, -0.2) is 52.3 Å². The molecule has 1 N–H and O–H groups in total. The van der Waals surface area contributed by atoms with E-state index in [2.05, 4.69) is 21.6 Å². The molecule has 1 aromatic carbocycles. The highest BCUT2D eigenvalue weighted by molar-refractivity contribution is 7.89. The summed E-state index contributed by atoms with van der Waals surface area (Å²) >= 11 is 0. The van der Waals surface area contributed by atoms with Gasteiger partial charge in [0.1, 0.15) is 5.82 Å². The number of sulfonamides is 1. The normalized spacial score (nSPS) is 18.2. The Kier molecular flexibility index (Phi) is 6.00. The van der Waals surface area contributed by atoms with Gasteiger partial charge in [0, 0.05) is 37.9 Å². The molecule has 23 heavy (non-hydrogen) atoms. The summed E-state index contributed by atoms with van der Waals surface area (Å²) in [5.41, 5.74) is 1.60. The average molecular weight is 343 g/mol. The minimum Gasteiger partial charge on any atom is -0.369 e. The van der Waals surface area contributed by atoms with Crippen molar-refractivity contribution < 1.29 is 12.8 Å². The van der Waals surface area contributed by atoms with Gasteiger partial charge in [-0.2, -0.15) is 0 Å². The van der Waals surface area contributed by atoms with Gasteiger partial charge in [-0.15, -0.1) is 0 Å². The van der Waals surface area contributed by atoms with Crippen LogP contribution in [0.15, 0.2) is 18.2 Å². The van der Waals surface area contributed by atoms with E-state index < -0.39 is 16.1 Å². The van der Waals surface area contributed by atoms with Gasteiger partial charge in [0.25, 0.3) is 0 Å². The second-order valence-electron chi connectivity index (χ2n) is 6.15. The molecule has 130 valence electrons. The maximum Gasteiger partial charge on any atom is 0.212 e. The van der Waals surface area contributed by atoms with Crippen molar-refractivity contribution in [2.75, 3.05) is 43.9 Å². The molecule has 1 aliphatic heterocycles. The number of hydrogen-bond acceptors (Lipinski definition) is 4. The summed E-state index contributed by atoms with van der Waals surface area (Å²) in [5, 5.41) is 0. The third kappa shape index (κ3) is 4.89. The van der Waals surface area contributed by atoms with Gasteiger partial charge in [-0.3, -0.25) is 0 Å². The van der Waals surface area contributed by atoms with Crippen molar-refractivity contribution in [1.82, 2.24) is 9.62 Å². The van der Waals surface area contributed by atoms with Gasteiger partial charge in [0.2, 0.25) is 10.0 Å². The van der Waals surface area contributed by atoms with Crippen LogP contribution in [0.4, 0.5) is 10.1 Å². The van der Waals surface area contributed by atoms with Gasteiger partial charge in [-0.05, 0) is 44.2 Å². The van der Waals surface area contributed by atoms with Gasteiger partial charge in [0.05, 0.1) is 5.75 Å². The summed E-state index contributed by atoms with van der Waals surface area (Å²) < 4.78 is 40.4. The first-order chi connectivity index (χ1) is 10.8. The molecule has 0 aliphatic carbocycles. The second kappa shape index (κ2) is 7.59. The molecule has 1 saturated heterocycles. The predicted molar refractivity (Wildman–Crippen MR) is 91.7 cm³/mol. The molecule has 0 unspecified atom stereocenters. The average Bonchev–Trinajstić information content (AvgIpc) is 2.47. The van der Waals surface area contributed by atoms with Gasteiger partial charge in [-0.25, -0.2) is 17.5 Å². The Morgan fingerprint density at radius 2 is 1.91 bits per heavy atom. The molecule has 0 radical (unpaired) electrons. The van der Waals surface area contributed by atoms with Crippen LogP contribution in [0.3, 0.4) is 0 Å². The summed E-state index contributed by atoms with van der Waals surface area (Å²) in [7, 11) is -1.27. The fraction of sp³-hybridized carbons (Fsp3) is 0.625. The zero-order chi connectivity index (χ0) is 17.0. The Hall–Kier alpha value is -1.18. The number of benzene rings is 1. The highest BCUT2D eigenvalue weighted by Gasteiger charge is 2.22. The van der Waals surface area contributed by atoms with Crippen LogP contribution >= 0.6 is 0 Å². The lowest BCUT2D eigenvalue weighted by molar-refractivity contribution is 0.312. The third-order valence-electron chi connectivity index (χ3n) is 4.13. The van der Waals surface area contributed by atoms with E-state index in [0.29, 0.717) is 12.0 Å². The minimum absolute atomic E-state index is 0.0799. The van der Waals surface area contributed by atoms with E-state index in [9.17, 15) is 12.8 Å². The van der Waals surface area contributed by atoms with Gasteiger partial charge < -0.3 is 9.80 Å². The Bertz CT molecular complexity index is 628. The zero-order valence-electron chi connectivity index (χ0n) is 14.0. The van der Waals surface area contributed by atoms with Crippen molar-refractivity contribution in [1.29, 1.82) is 0 Å². The van der Waals surface area contributed by atoms with E-state index in [1.807, 2.05) is 6.92 Å². The van der Waals surface area contributed by atoms with Crippen molar-refractivity contribution in [3.63, 3.8) is 0 Å². The SMILES string of the molecule is CCCS(=O)(=O)N[C@H](C)c1cc(F)ccc1N1CCN(C)CC1. The Balaban J connectivity index is 2.24. The molecule has 1 atom stereocenters. The van der Waals surface area contributed by atoms with Crippen LogP contribution in [0.25, 0.3) is 0 Å². The van der Waals surface area contributed by atoms with Crippen LogP contribution in [0.1, 0.15) is 31.9 Å². The van der Waals surface area contributed by atoms with Crippen LogP contribution in [0, 0.1) is 5.82 Å². The summed E-state index contributed by atoms with van der Waals surface area (Å²) in [6.07, 6.45) is 0.552. The number of anilines is 1. The van der Waals surface area contributed by atoms with Crippen molar-refractivity contribution in [2.24, 2.45) is 0 Å². The summed E-state index contributed by atoms with van der Waals surface area (Å²) in [6, 6.07) is 4.16. The Labute approximate surface area is 138 Å². The number of hydrogen-bond donors (Lipinski definition) is 1. The molecule has 1 aliphatic rings. The summed E-state index contributed by atoms with van der Waals surface area (Å²) in [5.74, 6) is -0.268. The Morgan fingerprint density at radius 3 is 2.52 bits per heavy atom. The summed E-state index contributed by atoms with van der Waals surface area (Å²) in [6.45, 7) is 7.16. The van der Waals surface area contributed by atoms with Crippen molar-refractivity contribution >= 4 is 15.7 Å². The quantitative estimate of drug-likeness (QED) is 0.858. The van der Waals surface area contributed by atoms with Crippen LogP contribution in [-0.2, 0) is 10.0 Å². The molecule has 0 amide bonds. The van der Waals surface area contributed by atoms with E-state index >= 15 is 0 Å². The number of rotatable bonds is 6. The second-order valence-corrected chi connectivity index (χ2v) is 8.03. The van der Waals surface area contributed by atoms with E-state index in [4.69, 9.17) is 0 Å². The van der Waals surface area contributed by atoms with E-state index in [1.165, 1.54) is 12.1 Å². The summed E-state index contributed by atoms with van der Waals surface area (Å²) in [4.78, 5) is 4.44. The fourth-order valence-corrected chi connectivity index (χ4v) is 4.19. The first-order valence-electron chi connectivity index (χ1n) is 8.05. The molecule has 1 fully saturated rings. The van der Waals surface area contributed by atoms with Crippen molar-refractivity contribution in [3.05, 3.63) is 29.6 Å². The first kappa shape index (κ1) is 18.2. The number of piperazine rings is 1. The van der Waals surface area contributed by atoms with Gasteiger partial charge in [0.15, 0.2) is 0 Å². The molecule has 5 nitrogen and oxygen atoms in total. The standard InChI is InChI=1S/C16H26FN3O2S/c1-4-11-23(21,22)18-13(2)15-12-14(17)5-6-16(15)20-9-7-19(3)8-10-20/h5-6,12-13,18H,4,7-11H2,1-3H3/t13-/m1/s1. The van der Waals surface area contributed by atoms with Crippen LogP contribution in [0.5, 0.6) is 0 Å². The molecular weight excluding hydrogens is 317 g/mol. The lowest BCUT2D eigenvalue weighted by Gasteiger charge is -2.36. The smallest absolute Gasteiger partial charge is 0.212 e. The largest absolute Gasteiger partial charge is 0.369 e. The number of nitrogens with zero attached hydrogens (tertiary/aromatic N) is 2. The molecular formula is C16H26FN3O2S. The minimum atomic E-state index is -3.35. The highest BCUT2D eigenvalue weighted by Crippen LogP contribution is 2.28. The topological polar surface area (TPSA) is 52.7 Å². The molecule has 7 heteroatoms. The fourth-order valence-electron chi connectivity index (χ4n) is 2.87. The lowest BCUT2D eigenvalue weighted by atomic mass is 10.0. The molecule has 2 rings (SSSR count). The Morgan fingerprint density at radius 1 is 1.26 bits per heavy atom. The van der Waals surface area contributed by atoms with E-state index in [-0.39, 0.29) is 11.6 Å². The molecule has 1 aromatic rings. The van der Waals surface area contributed by atoms with Crippen LogP contribution in [0.2, 0.25) is 0 Å². The first-order valence-corrected chi connectivity index (χ1v) is 9.70. The monoisotopic (exact) mass is 343 g/mol. The molecule has 0 spiro atoms. The van der Waals surface area contributed by atoms with Gasteiger partial charge in [-0.1, -0.05) is 6.92 Å². The number of nitrogens with one attached hydrogen (secondary N) is 1. The van der Waals surface area contributed by atoms with E-state index in [1.54, 1.807) is 13.0 Å². The molecule has 1 heterocycles. The molecule has 0 saturated carbocycles. The third-order valence-corrected chi connectivity index (χ3v) is 5.79. The molecule has 0 aromatic heterocycles. The molecule has 0 bridgehead atoms. The lowest BCUT2D eigenvalue weighted by Crippen LogP contribution is -2.45.